The second-order valence-corrected chi connectivity index (χ2v) is 5.71. The first-order chi connectivity index (χ1) is 10.2. The fourth-order valence-electron chi connectivity index (χ4n) is 2.51. The molecule has 3 rings (SSSR count). The van der Waals surface area contributed by atoms with Gasteiger partial charge in [0.15, 0.2) is 0 Å². The zero-order chi connectivity index (χ0) is 14.8. The molecule has 108 valence electrons. The summed E-state index contributed by atoms with van der Waals surface area (Å²) in [6.07, 6.45) is 1.52. The molecule has 1 aliphatic carbocycles. The van der Waals surface area contributed by atoms with Gasteiger partial charge in [0.05, 0.1) is 5.71 Å². The molecule has 0 aromatic heterocycles. The van der Waals surface area contributed by atoms with E-state index in [1.165, 1.54) is 12.1 Å². The van der Waals surface area contributed by atoms with Crippen molar-refractivity contribution >= 4 is 21.6 Å². The van der Waals surface area contributed by atoms with Crippen molar-refractivity contribution < 1.29 is 14.3 Å². The maximum Gasteiger partial charge on any atom is 0.124 e. The van der Waals surface area contributed by atoms with Crippen LogP contribution in [0.4, 0.5) is 4.39 Å². The van der Waals surface area contributed by atoms with Gasteiger partial charge in [-0.05, 0) is 31.0 Å². The van der Waals surface area contributed by atoms with Gasteiger partial charge in [-0.25, -0.2) is 4.39 Å². The van der Waals surface area contributed by atoms with Gasteiger partial charge >= 0.3 is 0 Å². The fourth-order valence-corrected chi connectivity index (χ4v) is 2.97. The Morgan fingerprint density at radius 2 is 2.10 bits per heavy atom. The molecule has 0 spiro atoms. The average molecular weight is 350 g/mol. The van der Waals surface area contributed by atoms with E-state index in [4.69, 9.17) is 9.94 Å². The van der Waals surface area contributed by atoms with Crippen LogP contribution in [0.1, 0.15) is 23.1 Å². The van der Waals surface area contributed by atoms with Crippen LogP contribution in [0.15, 0.2) is 46.0 Å². The predicted molar refractivity (Wildman–Crippen MR) is 81.5 cm³/mol. The van der Waals surface area contributed by atoms with Crippen molar-refractivity contribution in [2.75, 3.05) is 0 Å². The minimum Gasteiger partial charge on any atom is -0.489 e. The Hall–Kier alpha value is -1.88. The molecular formula is C16H13BrFNO2. The Labute approximate surface area is 130 Å². The fraction of sp³-hybridized carbons (Fsp3) is 0.188. The van der Waals surface area contributed by atoms with Crippen LogP contribution in [0.3, 0.4) is 0 Å². The first-order valence-corrected chi connectivity index (χ1v) is 7.38. The topological polar surface area (TPSA) is 41.8 Å². The monoisotopic (exact) mass is 349 g/mol. The lowest BCUT2D eigenvalue weighted by Gasteiger charge is -2.11. The molecule has 3 nitrogen and oxygen atoms in total. The zero-order valence-corrected chi connectivity index (χ0v) is 12.7. The molecule has 0 aliphatic heterocycles. The number of hydrogen-bond donors (Lipinski definition) is 1. The number of nitrogens with zero attached hydrogens (tertiary/aromatic N) is 1. The summed E-state index contributed by atoms with van der Waals surface area (Å²) in [5, 5.41) is 12.3. The van der Waals surface area contributed by atoms with Gasteiger partial charge in [-0.15, -0.1) is 0 Å². The summed E-state index contributed by atoms with van der Waals surface area (Å²) in [6, 6.07) is 10.2. The number of benzene rings is 2. The highest BCUT2D eigenvalue weighted by Gasteiger charge is 2.21. The van der Waals surface area contributed by atoms with Crippen LogP contribution in [0, 0.1) is 5.82 Å². The van der Waals surface area contributed by atoms with E-state index in [9.17, 15) is 4.39 Å². The van der Waals surface area contributed by atoms with Crippen molar-refractivity contribution in [3.63, 3.8) is 0 Å². The molecule has 0 amide bonds. The van der Waals surface area contributed by atoms with Crippen LogP contribution in [-0.2, 0) is 13.0 Å². The Balaban J connectivity index is 1.82. The highest BCUT2D eigenvalue weighted by atomic mass is 79.9. The van der Waals surface area contributed by atoms with Crippen LogP contribution in [0.5, 0.6) is 5.75 Å². The number of hydrogen-bond acceptors (Lipinski definition) is 3. The van der Waals surface area contributed by atoms with E-state index >= 15 is 0 Å². The third kappa shape index (κ3) is 2.78. The molecule has 5 heteroatoms. The van der Waals surface area contributed by atoms with Crippen molar-refractivity contribution in [3.05, 3.63) is 63.4 Å². The molecule has 21 heavy (non-hydrogen) atoms. The van der Waals surface area contributed by atoms with E-state index in [0.717, 1.165) is 28.9 Å². The minimum atomic E-state index is -0.282. The summed E-state index contributed by atoms with van der Waals surface area (Å²) in [5.41, 5.74) is 3.57. The SMILES string of the molecule is ON=C1CCc2c(OCc3ccc(F)cc3Br)cccc21. The van der Waals surface area contributed by atoms with Crippen LogP contribution in [0.2, 0.25) is 0 Å². The van der Waals surface area contributed by atoms with E-state index in [1.807, 2.05) is 18.2 Å². The normalized spacial score (nSPS) is 15.2. The van der Waals surface area contributed by atoms with Crippen molar-refractivity contribution in [3.8, 4) is 5.75 Å². The molecule has 0 unspecified atom stereocenters. The quantitative estimate of drug-likeness (QED) is 0.663. The van der Waals surface area contributed by atoms with E-state index < -0.39 is 0 Å². The van der Waals surface area contributed by atoms with Crippen LogP contribution < -0.4 is 4.74 Å². The van der Waals surface area contributed by atoms with Gasteiger partial charge in [0.25, 0.3) is 0 Å². The number of fused-ring (bicyclic) bond motifs is 1. The van der Waals surface area contributed by atoms with E-state index in [0.29, 0.717) is 23.2 Å². The van der Waals surface area contributed by atoms with Crippen molar-refractivity contribution in [1.82, 2.24) is 0 Å². The molecule has 0 radical (unpaired) electrons. The van der Waals surface area contributed by atoms with E-state index in [2.05, 4.69) is 21.1 Å². The Morgan fingerprint density at radius 1 is 1.24 bits per heavy atom. The number of halogens is 2. The summed E-state index contributed by atoms with van der Waals surface area (Å²) in [5.74, 6) is 0.498. The molecule has 0 atom stereocenters. The third-order valence-electron chi connectivity index (χ3n) is 3.57. The van der Waals surface area contributed by atoms with Gasteiger partial charge in [0.2, 0.25) is 0 Å². The van der Waals surface area contributed by atoms with Crippen LogP contribution in [0.25, 0.3) is 0 Å². The smallest absolute Gasteiger partial charge is 0.124 e. The Bertz CT molecular complexity index is 715. The summed E-state index contributed by atoms with van der Waals surface area (Å²) in [6.45, 7) is 0.350. The summed E-state index contributed by atoms with van der Waals surface area (Å²) in [4.78, 5) is 0. The van der Waals surface area contributed by atoms with Gasteiger partial charge in [-0.3, -0.25) is 0 Å². The molecule has 0 saturated heterocycles. The zero-order valence-electron chi connectivity index (χ0n) is 11.1. The van der Waals surface area contributed by atoms with Gasteiger partial charge in [-0.2, -0.15) is 0 Å². The molecule has 0 saturated carbocycles. The summed E-state index contributed by atoms with van der Waals surface area (Å²) >= 11 is 3.33. The van der Waals surface area contributed by atoms with Crippen LogP contribution >= 0.6 is 15.9 Å². The maximum absolute atomic E-state index is 13.1. The predicted octanol–water partition coefficient (Wildman–Crippen LogP) is 4.29. The molecule has 0 bridgehead atoms. The Morgan fingerprint density at radius 3 is 2.86 bits per heavy atom. The standard InChI is InChI=1S/C16H13BrFNO2/c17-14-8-11(18)5-4-10(14)9-21-16-3-1-2-12-13(16)6-7-15(12)19-20/h1-5,8,20H,6-7,9H2. The van der Waals surface area contributed by atoms with Gasteiger partial charge in [-0.1, -0.05) is 39.3 Å². The molecular weight excluding hydrogens is 337 g/mol. The molecule has 0 fully saturated rings. The molecule has 1 aliphatic rings. The lowest BCUT2D eigenvalue weighted by atomic mass is 10.1. The van der Waals surface area contributed by atoms with Crippen molar-refractivity contribution in [1.29, 1.82) is 0 Å². The average Bonchev–Trinajstić information content (AvgIpc) is 2.90. The van der Waals surface area contributed by atoms with Gasteiger partial charge in [0, 0.05) is 21.2 Å². The maximum atomic E-state index is 13.1. The second-order valence-electron chi connectivity index (χ2n) is 4.85. The molecule has 2 aromatic rings. The van der Waals surface area contributed by atoms with Crippen molar-refractivity contribution in [2.45, 2.75) is 19.4 Å². The number of oxime groups is 1. The largest absolute Gasteiger partial charge is 0.489 e. The second kappa shape index (κ2) is 5.85. The molecule has 0 heterocycles. The molecule has 1 N–H and O–H groups in total. The Kier molecular flexibility index (Phi) is 3.92. The van der Waals surface area contributed by atoms with Gasteiger partial charge < -0.3 is 9.94 Å². The van der Waals surface area contributed by atoms with Crippen LogP contribution in [-0.4, -0.2) is 10.9 Å². The third-order valence-corrected chi connectivity index (χ3v) is 4.31. The highest BCUT2D eigenvalue weighted by molar-refractivity contribution is 9.10. The number of rotatable bonds is 3. The van der Waals surface area contributed by atoms with E-state index in [1.54, 1.807) is 6.07 Å². The lowest BCUT2D eigenvalue weighted by molar-refractivity contribution is 0.302. The first kappa shape index (κ1) is 14.1. The minimum absolute atomic E-state index is 0.282. The van der Waals surface area contributed by atoms with Gasteiger partial charge in [0.1, 0.15) is 18.2 Å². The van der Waals surface area contributed by atoms with Crippen molar-refractivity contribution in [2.24, 2.45) is 5.16 Å². The molecule has 2 aromatic carbocycles. The lowest BCUT2D eigenvalue weighted by Crippen LogP contribution is -2.00. The number of ether oxygens (including phenoxy) is 1. The summed E-state index contributed by atoms with van der Waals surface area (Å²) in [7, 11) is 0. The highest BCUT2D eigenvalue weighted by Crippen LogP contribution is 2.32. The summed E-state index contributed by atoms with van der Waals surface area (Å²) < 4.78 is 19.6. The first-order valence-electron chi connectivity index (χ1n) is 6.59. The van der Waals surface area contributed by atoms with E-state index in [-0.39, 0.29) is 5.82 Å².